The van der Waals surface area contributed by atoms with E-state index in [0.717, 1.165) is 12.2 Å². The maximum atomic E-state index is 12.3. The quantitative estimate of drug-likeness (QED) is 0.902. The lowest BCUT2D eigenvalue weighted by atomic mass is 9.86. The molecule has 0 aliphatic carbocycles. The van der Waals surface area contributed by atoms with Crippen LogP contribution in [0.25, 0.3) is 0 Å². The normalized spacial score (nSPS) is 13.0. The number of aromatic nitrogens is 2. The molecule has 0 saturated heterocycles. The van der Waals surface area contributed by atoms with Gasteiger partial charge >= 0.3 is 0 Å². The molecule has 1 unspecified atom stereocenters. The molecule has 1 heterocycles. The van der Waals surface area contributed by atoms with E-state index < -0.39 is 0 Å². The zero-order chi connectivity index (χ0) is 15.5. The monoisotopic (exact) mass is 285 g/mol. The first kappa shape index (κ1) is 15.3. The summed E-state index contributed by atoms with van der Waals surface area (Å²) in [6, 6.07) is 7.70. The molecule has 0 radical (unpaired) electrons. The van der Waals surface area contributed by atoms with Crippen LogP contribution < -0.4 is 5.32 Å². The van der Waals surface area contributed by atoms with Crippen LogP contribution in [0.5, 0.6) is 0 Å². The number of hydrogen-bond donors (Lipinski definition) is 2. The number of carbonyl (C=O) groups is 1. The predicted molar refractivity (Wildman–Crippen MR) is 84.2 cm³/mol. The van der Waals surface area contributed by atoms with Gasteiger partial charge in [0.25, 0.3) is 5.91 Å². The number of carbonyl (C=O) groups excluding carboxylic acids is 1. The van der Waals surface area contributed by atoms with E-state index in [0.29, 0.717) is 5.56 Å². The highest BCUT2D eigenvalue weighted by molar-refractivity contribution is 5.94. The first-order valence-electron chi connectivity index (χ1n) is 7.32. The van der Waals surface area contributed by atoms with Crippen molar-refractivity contribution in [2.45, 2.75) is 45.6 Å². The summed E-state index contributed by atoms with van der Waals surface area (Å²) in [6.45, 7) is 8.50. The van der Waals surface area contributed by atoms with Crippen molar-refractivity contribution in [3.05, 3.63) is 53.6 Å². The van der Waals surface area contributed by atoms with Crippen molar-refractivity contribution in [3.8, 4) is 0 Å². The molecule has 1 amide bonds. The molecule has 0 spiro atoms. The Balaban J connectivity index is 2.09. The van der Waals surface area contributed by atoms with Crippen molar-refractivity contribution >= 4 is 5.91 Å². The highest BCUT2D eigenvalue weighted by Crippen LogP contribution is 2.22. The first-order chi connectivity index (χ1) is 9.91. The fourth-order valence-corrected chi connectivity index (χ4v) is 2.20. The molecule has 1 aromatic heterocycles. The highest BCUT2D eigenvalue weighted by atomic mass is 16.1. The summed E-state index contributed by atoms with van der Waals surface area (Å²) in [6.07, 6.45) is 4.25. The second-order valence-electron chi connectivity index (χ2n) is 6.24. The Morgan fingerprint density at radius 2 is 1.95 bits per heavy atom. The van der Waals surface area contributed by atoms with Crippen molar-refractivity contribution in [1.29, 1.82) is 0 Å². The molecule has 2 aromatic rings. The lowest BCUT2D eigenvalue weighted by Gasteiger charge is -2.19. The van der Waals surface area contributed by atoms with Crippen molar-refractivity contribution in [1.82, 2.24) is 15.3 Å². The number of nitrogens with one attached hydrogen (secondary N) is 2. The molecule has 0 bridgehead atoms. The van der Waals surface area contributed by atoms with Gasteiger partial charge < -0.3 is 10.3 Å². The maximum absolute atomic E-state index is 12.3. The molecule has 1 aromatic carbocycles. The third kappa shape index (κ3) is 3.72. The minimum Gasteiger partial charge on any atom is -0.347 e. The van der Waals surface area contributed by atoms with Gasteiger partial charge in [-0.05, 0) is 29.5 Å². The predicted octanol–water partition coefficient (Wildman–Crippen LogP) is 3.59. The number of amides is 1. The minimum absolute atomic E-state index is 0.0706. The van der Waals surface area contributed by atoms with E-state index in [-0.39, 0.29) is 17.4 Å². The average molecular weight is 285 g/mol. The number of imidazole rings is 1. The number of aromatic amines is 1. The highest BCUT2D eigenvalue weighted by Gasteiger charge is 2.17. The third-order valence-corrected chi connectivity index (χ3v) is 3.58. The Bertz CT molecular complexity index is 579. The molecule has 1 atom stereocenters. The summed E-state index contributed by atoms with van der Waals surface area (Å²) in [5, 5.41) is 3.01. The van der Waals surface area contributed by atoms with Crippen LogP contribution >= 0.6 is 0 Å². The minimum atomic E-state index is -0.0882. The van der Waals surface area contributed by atoms with Crippen LogP contribution in [0.2, 0.25) is 0 Å². The second-order valence-corrected chi connectivity index (χ2v) is 6.24. The summed E-state index contributed by atoms with van der Waals surface area (Å²) in [4.78, 5) is 19.6. The molecule has 0 aliphatic rings. The van der Waals surface area contributed by atoms with E-state index in [1.165, 1.54) is 5.56 Å². The number of nitrogens with zero attached hydrogens (tertiary/aromatic N) is 1. The van der Waals surface area contributed by atoms with Crippen molar-refractivity contribution in [3.63, 3.8) is 0 Å². The lowest BCUT2D eigenvalue weighted by Crippen LogP contribution is -2.29. The van der Waals surface area contributed by atoms with Crippen LogP contribution in [0.4, 0.5) is 0 Å². The van der Waals surface area contributed by atoms with E-state index >= 15 is 0 Å². The Hall–Kier alpha value is -2.10. The zero-order valence-corrected chi connectivity index (χ0v) is 13.1. The van der Waals surface area contributed by atoms with Gasteiger partial charge in [0.05, 0.1) is 6.04 Å². The van der Waals surface area contributed by atoms with Crippen LogP contribution in [0.3, 0.4) is 0 Å². The topological polar surface area (TPSA) is 57.8 Å². The van der Waals surface area contributed by atoms with Crippen molar-refractivity contribution in [2.24, 2.45) is 0 Å². The van der Waals surface area contributed by atoms with Gasteiger partial charge in [-0.1, -0.05) is 39.8 Å². The van der Waals surface area contributed by atoms with Gasteiger partial charge in [0.2, 0.25) is 0 Å². The second kappa shape index (κ2) is 6.12. The Morgan fingerprint density at radius 3 is 2.43 bits per heavy atom. The van der Waals surface area contributed by atoms with Crippen LogP contribution in [0.15, 0.2) is 36.7 Å². The number of benzene rings is 1. The fourth-order valence-electron chi connectivity index (χ4n) is 2.20. The number of H-pyrrole nitrogens is 1. The smallest absolute Gasteiger partial charge is 0.251 e. The molecule has 112 valence electrons. The van der Waals surface area contributed by atoms with Crippen LogP contribution in [0, 0.1) is 0 Å². The molecular formula is C17H23N3O. The van der Waals surface area contributed by atoms with Crippen molar-refractivity contribution < 1.29 is 4.79 Å². The van der Waals surface area contributed by atoms with Gasteiger partial charge in [-0.2, -0.15) is 0 Å². The molecule has 4 heteroatoms. The molecular weight excluding hydrogens is 262 g/mol. The van der Waals surface area contributed by atoms with Gasteiger partial charge in [-0.25, -0.2) is 4.98 Å². The molecule has 2 N–H and O–H groups in total. The van der Waals surface area contributed by atoms with E-state index in [4.69, 9.17) is 0 Å². The van der Waals surface area contributed by atoms with Gasteiger partial charge in [0.15, 0.2) is 0 Å². The van der Waals surface area contributed by atoms with Crippen molar-refractivity contribution in [2.75, 3.05) is 0 Å². The third-order valence-electron chi connectivity index (χ3n) is 3.58. The Morgan fingerprint density at radius 1 is 1.29 bits per heavy atom. The SMILES string of the molecule is CCC(NC(=O)c1ccc(C(C)(C)C)cc1)c1ncc[nH]1. The van der Waals surface area contributed by atoms with E-state index in [2.05, 4.69) is 36.1 Å². The van der Waals surface area contributed by atoms with Crippen LogP contribution in [-0.4, -0.2) is 15.9 Å². The summed E-state index contributed by atoms with van der Waals surface area (Å²) in [5.41, 5.74) is 1.99. The summed E-state index contributed by atoms with van der Waals surface area (Å²) >= 11 is 0. The number of rotatable bonds is 4. The summed E-state index contributed by atoms with van der Waals surface area (Å²) in [5.74, 6) is 0.718. The molecule has 2 rings (SSSR count). The Kier molecular flexibility index (Phi) is 4.46. The number of hydrogen-bond acceptors (Lipinski definition) is 2. The van der Waals surface area contributed by atoms with Crippen LogP contribution in [-0.2, 0) is 5.41 Å². The van der Waals surface area contributed by atoms with Gasteiger partial charge in [0, 0.05) is 18.0 Å². The largest absolute Gasteiger partial charge is 0.347 e. The first-order valence-corrected chi connectivity index (χ1v) is 7.32. The average Bonchev–Trinajstić information content (AvgIpc) is 2.97. The molecule has 21 heavy (non-hydrogen) atoms. The molecule has 0 saturated carbocycles. The van der Waals surface area contributed by atoms with Gasteiger partial charge in [-0.15, -0.1) is 0 Å². The maximum Gasteiger partial charge on any atom is 0.251 e. The van der Waals surface area contributed by atoms with E-state index in [1.807, 2.05) is 31.2 Å². The van der Waals surface area contributed by atoms with Gasteiger partial charge in [0.1, 0.15) is 5.82 Å². The Labute approximate surface area is 126 Å². The zero-order valence-electron chi connectivity index (χ0n) is 13.1. The summed E-state index contributed by atoms with van der Waals surface area (Å²) < 4.78 is 0. The van der Waals surface area contributed by atoms with Crippen LogP contribution in [0.1, 0.15) is 61.9 Å². The van der Waals surface area contributed by atoms with E-state index in [9.17, 15) is 4.79 Å². The lowest BCUT2D eigenvalue weighted by molar-refractivity contribution is 0.0934. The molecule has 4 nitrogen and oxygen atoms in total. The molecule has 0 aliphatic heterocycles. The molecule has 0 fully saturated rings. The fraction of sp³-hybridized carbons (Fsp3) is 0.412. The van der Waals surface area contributed by atoms with Gasteiger partial charge in [-0.3, -0.25) is 4.79 Å². The summed E-state index contributed by atoms with van der Waals surface area (Å²) in [7, 11) is 0. The standard InChI is InChI=1S/C17H23N3O/c1-5-14(15-18-10-11-19-15)20-16(21)12-6-8-13(9-7-12)17(2,3)4/h6-11,14H,5H2,1-4H3,(H,18,19)(H,20,21). The van der Waals surface area contributed by atoms with E-state index in [1.54, 1.807) is 12.4 Å².